The van der Waals surface area contributed by atoms with Crippen molar-refractivity contribution in [2.45, 2.75) is 45.2 Å². The largest absolute Gasteiger partial charge is 0.294 e. The van der Waals surface area contributed by atoms with Gasteiger partial charge in [0.05, 0.1) is 6.54 Å². The van der Waals surface area contributed by atoms with E-state index in [1.165, 1.54) is 37.2 Å². The predicted molar refractivity (Wildman–Crippen MR) is 73.3 cm³/mol. The van der Waals surface area contributed by atoms with Gasteiger partial charge in [0, 0.05) is 22.4 Å². The number of likely N-dealkylation sites (tertiary alicyclic amines) is 1. The Balaban J connectivity index is 1.88. The standard InChI is InChI=1S/C12H19BrN2S/c1-10-9-16-12(14-10)8-15-7-3-5-11(15)4-2-6-13/h9,11H,2-8H2,1H3. The molecule has 1 atom stereocenters. The van der Waals surface area contributed by atoms with Gasteiger partial charge in [0.1, 0.15) is 5.01 Å². The minimum absolute atomic E-state index is 0.793. The van der Waals surface area contributed by atoms with Crippen LogP contribution in [0, 0.1) is 6.92 Å². The number of hydrogen-bond donors (Lipinski definition) is 0. The number of alkyl halides is 1. The third kappa shape index (κ3) is 3.28. The molecule has 0 N–H and O–H groups in total. The maximum Gasteiger partial charge on any atom is 0.107 e. The molecule has 0 aliphatic carbocycles. The van der Waals surface area contributed by atoms with Crippen molar-refractivity contribution >= 4 is 27.3 Å². The monoisotopic (exact) mass is 302 g/mol. The van der Waals surface area contributed by atoms with E-state index in [1.54, 1.807) is 11.3 Å². The average Bonchev–Trinajstić information content (AvgIpc) is 2.86. The quantitative estimate of drug-likeness (QED) is 0.773. The van der Waals surface area contributed by atoms with Crippen molar-refractivity contribution in [3.8, 4) is 0 Å². The Morgan fingerprint density at radius 2 is 2.50 bits per heavy atom. The maximum atomic E-state index is 4.56. The summed E-state index contributed by atoms with van der Waals surface area (Å²) in [4.78, 5) is 7.17. The first kappa shape index (κ1) is 12.5. The topological polar surface area (TPSA) is 16.1 Å². The molecular weight excluding hydrogens is 284 g/mol. The summed E-state index contributed by atoms with van der Waals surface area (Å²) in [6.45, 7) is 4.39. The molecule has 4 heteroatoms. The Kier molecular flexibility index (Phi) is 4.79. The number of aryl methyl sites for hydroxylation is 1. The van der Waals surface area contributed by atoms with Crippen LogP contribution >= 0.6 is 27.3 Å². The summed E-state index contributed by atoms with van der Waals surface area (Å²) in [5, 5.41) is 4.57. The molecule has 16 heavy (non-hydrogen) atoms. The van der Waals surface area contributed by atoms with Gasteiger partial charge in [0.15, 0.2) is 0 Å². The molecule has 0 spiro atoms. The minimum atomic E-state index is 0.793. The molecule has 1 aromatic heterocycles. The first-order valence-electron chi connectivity index (χ1n) is 6.00. The van der Waals surface area contributed by atoms with E-state index < -0.39 is 0 Å². The molecule has 0 bridgehead atoms. The second-order valence-corrected chi connectivity index (χ2v) is 6.22. The van der Waals surface area contributed by atoms with E-state index in [9.17, 15) is 0 Å². The fourth-order valence-electron chi connectivity index (χ4n) is 2.39. The Hall–Kier alpha value is 0.0700. The van der Waals surface area contributed by atoms with Crippen LogP contribution in [0.2, 0.25) is 0 Å². The zero-order valence-corrected chi connectivity index (χ0v) is 12.2. The van der Waals surface area contributed by atoms with Crippen LogP contribution in [0.4, 0.5) is 0 Å². The van der Waals surface area contributed by atoms with Crippen molar-refractivity contribution in [2.24, 2.45) is 0 Å². The van der Waals surface area contributed by atoms with Crippen molar-refractivity contribution in [3.63, 3.8) is 0 Å². The molecule has 1 aromatic rings. The van der Waals surface area contributed by atoms with Crippen LogP contribution in [-0.2, 0) is 6.54 Å². The Bertz CT molecular complexity index is 327. The zero-order chi connectivity index (χ0) is 11.4. The third-order valence-electron chi connectivity index (χ3n) is 3.17. The summed E-state index contributed by atoms with van der Waals surface area (Å²) in [5.74, 6) is 0. The van der Waals surface area contributed by atoms with Crippen LogP contribution in [0.15, 0.2) is 5.38 Å². The second kappa shape index (κ2) is 6.12. The normalized spacial score (nSPS) is 21.8. The molecule has 0 radical (unpaired) electrons. The van der Waals surface area contributed by atoms with Crippen LogP contribution in [-0.4, -0.2) is 27.8 Å². The molecule has 1 saturated heterocycles. The summed E-state index contributed by atoms with van der Waals surface area (Å²) < 4.78 is 0. The van der Waals surface area contributed by atoms with Crippen molar-refractivity contribution < 1.29 is 0 Å². The van der Waals surface area contributed by atoms with Crippen LogP contribution in [0.1, 0.15) is 36.4 Å². The highest BCUT2D eigenvalue weighted by atomic mass is 79.9. The molecule has 1 aliphatic rings. The molecule has 2 heterocycles. The minimum Gasteiger partial charge on any atom is -0.294 e. The van der Waals surface area contributed by atoms with Crippen molar-refractivity contribution in [1.82, 2.24) is 9.88 Å². The molecule has 90 valence electrons. The summed E-state index contributed by atoms with van der Waals surface area (Å²) in [6.07, 6.45) is 5.35. The zero-order valence-electron chi connectivity index (χ0n) is 9.79. The van der Waals surface area contributed by atoms with Gasteiger partial charge < -0.3 is 0 Å². The number of thiazole rings is 1. The van der Waals surface area contributed by atoms with Gasteiger partial charge in [-0.15, -0.1) is 11.3 Å². The molecule has 0 saturated carbocycles. The van der Waals surface area contributed by atoms with E-state index in [-0.39, 0.29) is 0 Å². The van der Waals surface area contributed by atoms with E-state index in [1.807, 2.05) is 0 Å². The fourth-order valence-corrected chi connectivity index (χ4v) is 3.51. The SMILES string of the molecule is Cc1csc(CN2CCCC2CCCBr)n1. The highest BCUT2D eigenvalue weighted by Gasteiger charge is 2.24. The maximum absolute atomic E-state index is 4.56. The van der Waals surface area contributed by atoms with Crippen molar-refractivity contribution in [2.75, 3.05) is 11.9 Å². The van der Waals surface area contributed by atoms with Gasteiger partial charge in [-0.3, -0.25) is 4.90 Å². The van der Waals surface area contributed by atoms with Gasteiger partial charge in [-0.1, -0.05) is 15.9 Å². The molecule has 2 rings (SSSR count). The fraction of sp³-hybridized carbons (Fsp3) is 0.750. The lowest BCUT2D eigenvalue weighted by Crippen LogP contribution is -2.28. The first-order valence-corrected chi connectivity index (χ1v) is 8.00. The number of aromatic nitrogens is 1. The third-order valence-corrected chi connectivity index (χ3v) is 4.69. The van der Waals surface area contributed by atoms with Crippen LogP contribution in [0.5, 0.6) is 0 Å². The van der Waals surface area contributed by atoms with Crippen molar-refractivity contribution in [1.29, 1.82) is 0 Å². The molecule has 2 nitrogen and oxygen atoms in total. The average molecular weight is 303 g/mol. The van der Waals surface area contributed by atoms with E-state index in [0.717, 1.165) is 23.6 Å². The predicted octanol–water partition coefficient (Wildman–Crippen LogP) is 3.59. The summed E-state index contributed by atoms with van der Waals surface area (Å²) in [5.41, 5.74) is 1.16. The van der Waals surface area contributed by atoms with Gasteiger partial charge in [0.25, 0.3) is 0 Å². The highest BCUT2D eigenvalue weighted by molar-refractivity contribution is 9.09. The molecule has 0 aromatic carbocycles. The second-order valence-electron chi connectivity index (χ2n) is 4.48. The number of rotatable bonds is 5. The molecule has 1 fully saturated rings. The van der Waals surface area contributed by atoms with Crippen molar-refractivity contribution in [3.05, 3.63) is 16.1 Å². The van der Waals surface area contributed by atoms with Gasteiger partial charge in [-0.05, 0) is 39.2 Å². The van der Waals surface area contributed by atoms with E-state index in [4.69, 9.17) is 0 Å². The lowest BCUT2D eigenvalue weighted by Gasteiger charge is -2.23. The molecule has 0 amide bonds. The van der Waals surface area contributed by atoms with E-state index >= 15 is 0 Å². The van der Waals surface area contributed by atoms with Gasteiger partial charge in [0.2, 0.25) is 0 Å². The van der Waals surface area contributed by atoms with Gasteiger partial charge in [-0.25, -0.2) is 4.98 Å². The first-order chi connectivity index (χ1) is 7.79. The molecule has 1 aliphatic heterocycles. The lowest BCUT2D eigenvalue weighted by molar-refractivity contribution is 0.233. The highest BCUT2D eigenvalue weighted by Crippen LogP contribution is 2.24. The van der Waals surface area contributed by atoms with E-state index in [0.29, 0.717) is 0 Å². The van der Waals surface area contributed by atoms with Gasteiger partial charge >= 0.3 is 0 Å². The summed E-state index contributed by atoms with van der Waals surface area (Å²) >= 11 is 5.32. The van der Waals surface area contributed by atoms with Crippen LogP contribution in [0.3, 0.4) is 0 Å². The number of halogens is 1. The number of hydrogen-bond acceptors (Lipinski definition) is 3. The van der Waals surface area contributed by atoms with Crippen LogP contribution < -0.4 is 0 Å². The summed E-state index contributed by atoms with van der Waals surface area (Å²) in [6, 6.07) is 0.793. The smallest absolute Gasteiger partial charge is 0.107 e. The van der Waals surface area contributed by atoms with E-state index in [2.05, 4.69) is 38.1 Å². The molecule has 1 unspecified atom stereocenters. The number of nitrogens with zero attached hydrogens (tertiary/aromatic N) is 2. The lowest BCUT2D eigenvalue weighted by atomic mass is 10.1. The van der Waals surface area contributed by atoms with Crippen LogP contribution in [0.25, 0.3) is 0 Å². The molecular formula is C12H19BrN2S. The Labute approximate surface area is 110 Å². The van der Waals surface area contributed by atoms with Gasteiger partial charge in [-0.2, -0.15) is 0 Å². The summed E-state index contributed by atoms with van der Waals surface area (Å²) in [7, 11) is 0. The Morgan fingerprint density at radius 1 is 1.62 bits per heavy atom. The Morgan fingerprint density at radius 3 is 3.19 bits per heavy atom.